The average molecular weight is 221 g/mol. The smallest absolute Gasteiger partial charge is 0.138 e. The zero-order chi connectivity index (χ0) is 9.84. The topological polar surface area (TPSA) is 17.1 Å². The number of benzene rings is 1. The van der Waals surface area contributed by atoms with Crippen molar-refractivity contribution in [2.24, 2.45) is 0 Å². The van der Waals surface area contributed by atoms with E-state index >= 15 is 0 Å². The summed E-state index contributed by atoms with van der Waals surface area (Å²) in [5, 5.41) is -0.353. The molecule has 0 aromatic heterocycles. The number of hydrogen-bond donors (Lipinski definition) is 0. The molecule has 0 aliphatic heterocycles. The molecule has 0 heterocycles. The molecule has 1 unspecified atom stereocenters. The van der Waals surface area contributed by atoms with Gasteiger partial charge in [0.2, 0.25) is 0 Å². The third-order valence-electron chi connectivity index (χ3n) is 1.58. The number of rotatable bonds is 3. The fourth-order valence-corrected chi connectivity index (χ4v) is 1.27. The van der Waals surface area contributed by atoms with Gasteiger partial charge >= 0.3 is 0 Å². The monoisotopic (exact) mass is 220 g/mol. The van der Waals surface area contributed by atoms with Crippen LogP contribution in [-0.4, -0.2) is 11.7 Å². The van der Waals surface area contributed by atoms with E-state index in [2.05, 4.69) is 0 Å². The summed E-state index contributed by atoms with van der Waals surface area (Å²) in [6, 6.07) is 4.29. The summed E-state index contributed by atoms with van der Waals surface area (Å²) in [7, 11) is 0. The number of carbonyl (C=O) groups excluding carboxylic acids is 1. The third kappa shape index (κ3) is 2.98. The number of carbonyl (C=O) groups is 1. The SMILES string of the molecule is O=CC(Cl)Cc1ccc(Cl)cc1F. The number of alkyl halides is 1. The van der Waals surface area contributed by atoms with Crippen LogP contribution in [0.1, 0.15) is 5.56 Å². The first-order valence-corrected chi connectivity index (χ1v) is 4.48. The second-order valence-corrected chi connectivity index (χ2v) is 3.59. The van der Waals surface area contributed by atoms with Crippen LogP contribution in [0, 0.1) is 5.82 Å². The molecule has 0 bridgehead atoms. The van der Waals surface area contributed by atoms with Crippen molar-refractivity contribution in [2.75, 3.05) is 0 Å². The molecule has 1 aromatic carbocycles. The molecule has 0 fully saturated rings. The highest BCUT2D eigenvalue weighted by Crippen LogP contribution is 2.16. The first kappa shape index (κ1) is 10.5. The normalized spacial score (nSPS) is 12.5. The Morgan fingerprint density at radius 2 is 2.23 bits per heavy atom. The minimum Gasteiger partial charge on any atom is -0.302 e. The zero-order valence-corrected chi connectivity index (χ0v) is 8.15. The van der Waals surface area contributed by atoms with Crippen molar-refractivity contribution in [3.8, 4) is 0 Å². The lowest BCUT2D eigenvalue weighted by Gasteiger charge is -2.03. The molecule has 4 heteroatoms. The summed E-state index contributed by atoms with van der Waals surface area (Å²) in [6.45, 7) is 0. The van der Waals surface area contributed by atoms with E-state index in [1.165, 1.54) is 12.1 Å². The van der Waals surface area contributed by atoms with Crippen LogP contribution in [0.15, 0.2) is 18.2 Å². The predicted octanol–water partition coefficient (Wildman–Crippen LogP) is 2.83. The Kier molecular flexibility index (Phi) is 3.70. The first-order valence-electron chi connectivity index (χ1n) is 3.67. The number of aldehydes is 1. The minimum absolute atomic E-state index is 0.189. The van der Waals surface area contributed by atoms with Gasteiger partial charge in [-0.25, -0.2) is 4.39 Å². The molecule has 0 aliphatic carbocycles. The molecule has 0 N–H and O–H groups in total. The maximum Gasteiger partial charge on any atom is 0.138 e. The van der Waals surface area contributed by atoms with Gasteiger partial charge in [0, 0.05) is 5.02 Å². The molecule has 13 heavy (non-hydrogen) atoms. The molecule has 1 rings (SSSR count). The summed E-state index contributed by atoms with van der Waals surface area (Å²) >= 11 is 11.1. The van der Waals surface area contributed by atoms with Gasteiger partial charge in [0.05, 0.1) is 5.38 Å². The molecular weight excluding hydrogens is 214 g/mol. The van der Waals surface area contributed by atoms with Gasteiger partial charge in [-0.2, -0.15) is 0 Å². The number of hydrogen-bond acceptors (Lipinski definition) is 1. The Morgan fingerprint density at radius 3 is 2.77 bits per heavy atom. The van der Waals surface area contributed by atoms with E-state index in [9.17, 15) is 9.18 Å². The van der Waals surface area contributed by atoms with Gasteiger partial charge in [-0.05, 0) is 24.1 Å². The van der Waals surface area contributed by atoms with Crippen molar-refractivity contribution in [2.45, 2.75) is 11.8 Å². The van der Waals surface area contributed by atoms with Crippen LogP contribution in [0.3, 0.4) is 0 Å². The van der Waals surface area contributed by atoms with Crippen LogP contribution in [0.2, 0.25) is 5.02 Å². The van der Waals surface area contributed by atoms with Crippen molar-refractivity contribution < 1.29 is 9.18 Å². The van der Waals surface area contributed by atoms with Gasteiger partial charge in [-0.1, -0.05) is 17.7 Å². The van der Waals surface area contributed by atoms with Gasteiger partial charge in [0.25, 0.3) is 0 Å². The van der Waals surface area contributed by atoms with E-state index in [4.69, 9.17) is 23.2 Å². The summed E-state index contributed by atoms with van der Waals surface area (Å²) in [4.78, 5) is 10.2. The first-order chi connectivity index (χ1) is 6.13. The maximum absolute atomic E-state index is 13.1. The quantitative estimate of drug-likeness (QED) is 0.566. The van der Waals surface area contributed by atoms with Crippen LogP contribution >= 0.6 is 23.2 Å². The molecule has 0 saturated heterocycles. The van der Waals surface area contributed by atoms with Crippen LogP contribution < -0.4 is 0 Å². The molecule has 0 amide bonds. The van der Waals surface area contributed by atoms with Crippen LogP contribution in [0.5, 0.6) is 0 Å². The largest absolute Gasteiger partial charge is 0.302 e. The molecular formula is C9H7Cl2FO. The van der Waals surface area contributed by atoms with E-state index in [1.807, 2.05) is 0 Å². The molecule has 0 saturated carbocycles. The molecule has 70 valence electrons. The standard InChI is InChI=1S/C9H7Cl2FO/c10-7-2-1-6(9(12)4-7)3-8(11)5-13/h1-2,4-5,8H,3H2. The number of halogens is 3. The lowest BCUT2D eigenvalue weighted by atomic mass is 10.1. The van der Waals surface area contributed by atoms with E-state index < -0.39 is 11.2 Å². The van der Waals surface area contributed by atoms with Crippen molar-refractivity contribution >= 4 is 29.5 Å². The second-order valence-electron chi connectivity index (χ2n) is 2.59. The summed E-state index contributed by atoms with van der Waals surface area (Å²) in [5.41, 5.74) is 0.400. The van der Waals surface area contributed by atoms with Crippen LogP contribution in [0.25, 0.3) is 0 Å². The minimum atomic E-state index is -0.685. The highest BCUT2D eigenvalue weighted by molar-refractivity contribution is 6.30. The Balaban J connectivity index is 2.83. The summed E-state index contributed by atoms with van der Waals surface area (Å²) in [5.74, 6) is -0.431. The van der Waals surface area contributed by atoms with Gasteiger partial charge in [-0.15, -0.1) is 11.6 Å². The lowest BCUT2D eigenvalue weighted by Crippen LogP contribution is -2.05. The zero-order valence-electron chi connectivity index (χ0n) is 6.64. The second kappa shape index (κ2) is 4.58. The van der Waals surface area contributed by atoms with Gasteiger partial charge in [0.1, 0.15) is 12.1 Å². The Bertz CT molecular complexity index is 314. The van der Waals surface area contributed by atoms with Crippen molar-refractivity contribution in [1.82, 2.24) is 0 Å². The Hall–Kier alpha value is -0.600. The van der Waals surface area contributed by atoms with Crippen molar-refractivity contribution in [3.05, 3.63) is 34.6 Å². The Morgan fingerprint density at radius 1 is 1.54 bits per heavy atom. The summed E-state index contributed by atoms with van der Waals surface area (Å²) in [6.07, 6.45) is 0.768. The highest BCUT2D eigenvalue weighted by Gasteiger charge is 2.08. The molecule has 0 aliphatic rings. The van der Waals surface area contributed by atoms with Gasteiger partial charge < -0.3 is 4.79 Å². The molecule has 1 atom stereocenters. The maximum atomic E-state index is 13.1. The van der Waals surface area contributed by atoms with E-state index in [1.54, 1.807) is 6.07 Å². The van der Waals surface area contributed by atoms with Crippen molar-refractivity contribution in [3.63, 3.8) is 0 Å². The van der Waals surface area contributed by atoms with Crippen molar-refractivity contribution in [1.29, 1.82) is 0 Å². The molecule has 0 spiro atoms. The fourth-order valence-electron chi connectivity index (χ4n) is 0.945. The molecule has 1 nitrogen and oxygen atoms in total. The van der Waals surface area contributed by atoms with Gasteiger partial charge in [-0.3, -0.25) is 0 Å². The van der Waals surface area contributed by atoms with Crippen LogP contribution in [0.4, 0.5) is 4.39 Å². The van der Waals surface area contributed by atoms with Gasteiger partial charge in [0.15, 0.2) is 0 Å². The highest BCUT2D eigenvalue weighted by atomic mass is 35.5. The van der Waals surface area contributed by atoms with Crippen LogP contribution in [-0.2, 0) is 11.2 Å². The fraction of sp³-hybridized carbons (Fsp3) is 0.222. The predicted molar refractivity (Wildman–Crippen MR) is 50.8 cm³/mol. The van der Waals surface area contributed by atoms with E-state index in [0.29, 0.717) is 16.9 Å². The molecule has 0 radical (unpaired) electrons. The third-order valence-corrected chi connectivity index (χ3v) is 2.07. The van der Waals surface area contributed by atoms with E-state index in [0.717, 1.165) is 0 Å². The molecule has 1 aromatic rings. The summed E-state index contributed by atoms with van der Waals surface area (Å²) < 4.78 is 13.1. The lowest BCUT2D eigenvalue weighted by molar-refractivity contribution is -0.107. The average Bonchev–Trinajstić information content (AvgIpc) is 2.09. The Labute approximate surface area is 85.5 Å². The van der Waals surface area contributed by atoms with E-state index in [-0.39, 0.29) is 6.42 Å².